The zero-order valence-corrected chi connectivity index (χ0v) is 8.11. The molecule has 0 amide bonds. The fourth-order valence-corrected chi connectivity index (χ4v) is 1.38. The lowest BCUT2D eigenvalue weighted by molar-refractivity contribution is 0.173. The predicted molar refractivity (Wildman–Crippen MR) is 51.9 cm³/mol. The summed E-state index contributed by atoms with van der Waals surface area (Å²) in [5, 5.41) is 3.71. The second kappa shape index (κ2) is 3.57. The van der Waals surface area contributed by atoms with E-state index in [0.717, 1.165) is 22.6 Å². The highest BCUT2D eigenvalue weighted by molar-refractivity contribution is 5.83. The van der Waals surface area contributed by atoms with Crippen molar-refractivity contribution in [2.24, 2.45) is 5.16 Å². The van der Waals surface area contributed by atoms with Crippen LogP contribution in [0.3, 0.4) is 0 Å². The predicted octanol–water partition coefficient (Wildman–Crippen LogP) is 1.70. The van der Waals surface area contributed by atoms with E-state index in [1.165, 1.54) is 7.11 Å². The molecule has 0 aliphatic carbocycles. The Labute approximate surface area is 82.1 Å². The van der Waals surface area contributed by atoms with Gasteiger partial charge in [-0.05, 0) is 19.1 Å². The van der Waals surface area contributed by atoms with Crippen LogP contribution in [-0.2, 0) is 4.84 Å². The van der Waals surface area contributed by atoms with Crippen molar-refractivity contribution in [2.45, 2.75) is 6.92 Å². The highest BCUT2D eigenvalue weighted by Crippen LogP contribution is 2.36. The molecule has 0 atom stereocenters. The molecule has 0 bridgehead atoms. The molecule has 1 aliphatic rings. The molecule has 0 aromatic heterocycles. The van der Waals surface area contributed by atoms with Crippen LogP contribution in [0.25, 0.3) is 0 Å². The minimum Gasteiger partial charge on any atom is -0.454 e. The van der Waals surface area contributed by atoms with E-state index in [2.05, 4.69) is 9.99 Å². The first-order valence-corrected chi connectivity index (χ1v) is 4.28. The van der Waals surface area contributed by atoms with E-state index in [0.29, 0.717) is 6.79 Å². The molecule has 0 saturated heterocycles. The van der Waals surface area contributed by atoms with E-state index in [4.69, 9.17) is 9.47 Å². The van der Waals surface area contributed by atoms with Gasteiger partial charge in [0.25, 0.3) is 0 Å². The third-order valence-electron chi connectivity index (χ3n) is 2.13. The van der Waals surface area contributed by atoms with Crippen molar-refractivity contribution in [3.63, 3.8) is 0 Å². The van der Waals surface area contributed by atoms with Crippen LogP contribution in [0.5, 0.6) is 11.5 Å². The molecule has 0 spiro atoms. The standard InChI is InChI=1S/C10H11NO3/c1-7-8(5-11-12-2)3-4-9-10(7)14-6-13-9/h3-5H,6H2,1-2H3. The summed E-state index contributed by atoms with van der Waals surface area (Å²) >= 11 is 0. The molecule has 0 radical (unpaired) electrons. The van der Waals surface area contributed by atoms with Gasteiger partial charge in [-0.2, -0.15) is 0 Å². The Balaban J connectivity index is 2.39. The van der Waals surface area contributed by atoms with Gasteiger partial charge in [0.05, 0.1) is 6.21 Å². The Bertz CT molecular complexity index is 374. The molecule has 14 heavy (non-hydrogen) atoms. The lowest BCUT2D eigenvalue weighted by Gasteiger charge is -2.03. The number of fused-ring (bicyclic) bond motifs is 1. The molecule has 1 aromatic carbocycles. The monoisotopic (exact) mass is 193 g/mol. The van der Waals surface area contributed by atoms with Crippen LogP contribution in [-0.4, -0.2) is 20.1 Å². The second-order valence-corrected chi connectivity index (χ2v) is 2.93. The molecule has 0 saturated carbocycles. The van der Waals surface area contributed by atoms with Gasteiger partial charge < -0.3 is 14.3 Å². The molecule has 4 heteroatoms. The largest absolute Gasteiger partial charge is 0.454 e. The second-order valence-electron chi connectivity index (χ2n) is 2.93. The fourth-order valence-electron chi connectivity index (χ4n) is 1.38. The third kappa shape index (κ3) is 1.39. The number of rotatable bonds is 2. The van der Waals surface area contributed by atoms with Gasteiger partial charge in [0.15, 0.2) is 11.5 Å². The van der Waals surface area contributed by atoms with Crippen LogP contribution in [0.1, 0.15) is 11.1 Å². The summed E-state index contributed by atoms with van der Waals surface area (Å²) in [4.78, 5) is 4.62. The van der Waals surface area contributed by atoms with Gasteiger partial charge in [-0.1, -0.05) is 5.16 Å². The van der Waals surface area contributed by atoms with Gasteiger partial charge >= 0.3 is 0 Å². The van der Waals surface area contributed by atoms with E-state index in [1.54, 1.807) is 6.21 Å². The van der Waals surface area contributed by atoms with E-state index in [9.17, 15) is 0 Å². The quantitative estimate of drug-likeness (QED) is 0.530. The highest BCUT2D eigenvalue weighted by atomic mass is 16.7. The summed E-state index contributed by atoms with van der Waals surface area (Å²) in [7, 11) is 1.51. The lowest BCUT2D eigenvalue weighted by Crippen LogP contribution is -1.94. The topological polar surface area (TPSA) is 40.0 Å². The Morgan fingerprint density at radius 3 is 3.07 bits per heavy atom. The Hall–Kier alpha value is -1.71. The Morgan fingerprint density at radius 2 is 2.29 bits per heavy atom. The molecule has 1 aromatic rings. The first kappa shape index (κ1) is 8.87. The van der Waals surface area contributed by atoms with Crippen molar-refractivity contribution in [1.29, 1.82) is 0 Å². The number of oxime groups is 1. The summed E-state index contributed by atoms with van der Waals surface area (Å²) in [6.45, 7) is 2.26. The normalized spacial score (nSPS) is 13.6. The molecule has 0 unspecified atom stereocenters. The SMILES string of the molecule is CON=Cc1ccc2c(c1C)OCO2. The van der Waals surface area contributed by atoms with E-state index < -0.39 is 0 Å². The van der Waals surface area contributed by atoms with Crippen molar-refractivity contribution in [2.75, 3.05) is 13.9 Å². The van der Waals surface area contributed by atoms with Crippen molar-refractivity contribution >= 4 is 6.21 Å². The zero-order valence-electron chi connectivity index (χ0n) is 8.11. The smallest absolute Gasteiger partial charge is 0.231 e. The van der Waals surface area contributed by atoms with E-state index in [1.807, 2.05) is 19.1 Å². The number of hydrogen-bond donors (Lipinski definition) is 0. The zero-order chi connectivity index (χ0) is 9.97. The molecule has 1 aliphatic heterocycles. The minimum absolute atomic E-state index is 0.293. The average Bonchev–Trinajstić information content (AvgIpc) is 2.66. The van der Waals surface area contributed by atoms with Crippen molar-refractivity contribution in [3.05, 3.63) is 23.3 Å². The average molecular weight is 193 g/mol. The van der Waals surface area contributed by atoms with Crippen LogP contribution < -0.4 is 9.47 Å². The Morgan fingerprint density at radius 1 is 1.43 bits per heavy atom. The maximum Gasteiger partial charge on any atom is 0.231 e. The molecule has 4 nitrogen and oxygen atoms in total. The van der Waals surface area contributed by atoms with Crippen LogP contribution in [0, 0.1) is 6.92 Å². The number of hydrogen-bond acceptors (Lipinski definition) is 4. The maximum absolute atomic E-state index is 5.33. The maximum atomic E-state index is 5.33. The van der Waals surface area contributed by atoms with Crippen molar-refractivity contribution < 1.29 is 14.3 Å². The van der Waals surface area contributed by atoms with Gasteiger partial charge in [0.2, 0.25) is 6.79 Å². The molecule has 74 valence electrons. The van der Waals surface area contributed by atoms with Crippen LogP contribution >= 0.6 is 0 Å². The summed E-state index contributed by atoms with van der Waals surface area (Å²) in [6, 6.07) is 3.79. The summed E-state index contributed by atoms with van der Waals surface area (Å²) in [5.74, 6) is 1.59. The van der Waals surface area contributed by atoms with E-state index in [-0.39, 0.29) is 0 Å². The van der Waals surface area contributed by atoms with Gasteiger partial charge in [-0.3, -0.25) is 0 Å². The summed E-state index contributed by atoms with van der Waals surface area (Å²) in [6.07, 6.45) is 1.65. The summed E-state index contributed by atoms with van der Waals surface area (Å²) in [5.41, 5.74) is 1.98. The van der Waals surface area contributed by atoms with Gasteiger partial charge in [-0.25, -0.2) is 0 Å². The molecular weight excluding hydrogens is 182 g/mol. The molecule has 0 N–H and O–H groups in total. The van der Waals surface area contributed by atoms with Crippen LogP contribution in [0.4, 0.5) is 0 Å². The summed E-state index contributed by atoms with van der Waals surface area (Å²) < 4.78 is 10.6. The van der Waals surface area contributed by atoms with Gasteiger partial charge in [-0.15, -0.1) is 0 Å². The van der Waals surface area contributed by atoms with Crippen LogP contribution in [0.2, 0.25) is 0 Å². The number of ether oxygens (including phenoxy) is 2. The minimum atomic E-state index is 0.293. The van der Waals surface area contributed by atoms with Gasteiger partial charge in [0.1, 0.15) is 7.11 Å². The number of nitrogens with zero attached hydrogens (tertiary/aromatic N) is 1. The first-order chi connectivity index (χ1) is 6.83. The molecular formula is C10H11NO3. The van der Waals surface area contributed by atoms with Crippen molar-refractivity contribution in [1.82, 2.24) is 0 Å². The molecule has 2 rings (SSSR count). The Kier molecular flexibility index (Phi) is 2.26. The molecule has 1 heterocycles. The van der Waals surface area contributed by atoms with E-state index >= 15 is 0 Å². The van der Waals surface area contributed by atoms with Crippen molar-refractivity contribution in [3.8, 4) is 11.5 Å². The number of benzene rings is 1. The lowest BCUT2D eigenvalue weighted by atomic mass is 10.1. The fraction of sp³-hybridized carbons (Fsp3) is 0.300. The van der Waals surface area contributed by atoms with Crippen LogP contribution in [0.15, 0.2) is 17.3 Å². The third-order valence-corrected chi connectivity index (χ3v) is 2.13. The highest BCUT2D eigenvalue weighted by Gasteiger charge is 2.17. The van der Waals surface area contributed by atoms with Gasteiger partial charge in [0, 0.05) is 11.1 Å². The molecule has 0 fully saturated rings. The first-order valence-electron chi connectivity index (χ1n) is 4.28.